The molecule has 0 heterocycles. The number of ether oxygens (including phenoxy) is 1. The van der Waals surface area contributed by atoms with Crippen LogP contribution in [0, 0.1) is 5.82 Å². The molecule has 0 aliphatic heterocycles. The lowest BCUT2D eigenvalue weighted by Gasteiger charge is -2.11. The average molecular weight is 263 g/mol. The molecule has 1 rings (SSSR count). The molecule has 1 aromatic rings. The first kappa shape index (κ1) is 15.8. The Morgan fingerprint density at radius 1 is 1.59 bits per heavy atom. The maximum Gasteiger partial charge on any atom is 0.239 e. The van der Waals surface area contributed by atoms with Crippen LogP contribution < -0.4 is 11.1 Å². The van der Waals surface area contributed by atoms with E-state index in [1.807, 2.05) is 0 Å². The van der Waals surface area contributed by atoms with Crippen molar-refractivity contribution in [3.63, 3.8) is 0 Å². The van der Waals surface area contributed by atoms with Crippen molar-refractivity contribution < 1.29 is 13.9 Å². The summed E-state index contributed by atoms with van der Waals surface area (Å²) in [6.07, 6.45) is 0. The van der Waals surface area contributed by atoms with Crippen LogP contribution in [0.5, 0.6) is 0 Å². The van der Waals surface area contributed by atoms with E-state index >= 15 is 0 Å². The highest BCUT2D eigenvalue weighted by atomic mass is 35.5. The van der Waals surface area contributed by atoms with Crippen molar-refractivity contribution in [1.29, 1.82) is 0 Å². The lowest BCUT2D eigenvalue weighted by Crippen LogP contribution is -2.43. The fourth-order valence-corrected chi connectivity index (χ4v) is 1.22. The van der Waals surface area contributed by atoms with E-state index in [1.54, 1.807) is 12.1 Å². The molecule has 0 aliphatic carbocycles. The lowest BCUT2D eigenvalue weighted by molar-refractivity contribution is -0.123. The highest BCUT2D eigenvalue weighted by Crippen LogP contribution is 2.02. The minimum atomic E-state index is -0.696. The van der Waals surface area contributed by atoms with E-state index in [-0.39, 0.29) is 37.3 Å². The zero-order valence-corrected chi connectivity index (χ0v) is 10.3. The highest BCUT2D eigenvalue weighted by molar-refractivity contribution is 5.85. The van der Waals surface area contributed by atoms with Crippen molar-refractivity contribution in [1.82, 2.24) is 5.32 Å². The van der Waals surface area contributed by atoms with Gasteiger partial charge in [0.15, 0.2) is 0 Å². The first-order chi connectivity index (χ1) is 7.63. The summed E-state index contributed by atoms with van der Waals surface area (Å²) in [7, 11) is 1.47. The summed E-state index contributed by atoms with van der Waals surface area (Å²) in [5, 5.41) is 2.60. The predicted octanol–water partition coefficient (Wildman–Crippen LogP) is 0.837. The molecule has 4 nitrogen and oxygen atoms in total. The summed E-state index contributed by atoms with van der Waals surface area (Å²) in [4.78, 5) is 11.4. The van der Waals surface area contributed by atoms with Gasteiger partial charge in [-0.05, 0) is 17.7 Å². The molecule has 0 saturated heterocycles. The van der Waals surface area contributed by atoms with Gasteiger partial charge in [0.1, 0.15) is 11.9 Å². The minimum Gasteiger partial charge on any atom is -0.383 e. The van der Waals surface area contributed by atoms with Gasteiger partial charge in [0.25, 0.3) is 0 Å². The third-order valence-corrected chi connectivity index (χ3v) is 2.04. The summed E-state index contributed by atoms with van der Waals surface area (Å²) >= 11 is 0. The molecule has 6 heteroatoms. The van der Waals surface area contributed by atoms with Gasteiger partial charge in [-0.2, -0.15) is 0 Å². The Labute approximate surface area is 106 Å². The Balaban J connectivity index is 0.00000256. The zero-order valence-electron chi connectivity index (χ0n) is 9.48. The summed E-state index contributed by atoms with van der Waals surface area (Å²) in [5.41, 5.74) is 6.20. The third-order valence-electron chi connectivity index (χ3n) is 2.04. The summed E-state index contributed by atoms with van der Waals surface area (Å²) in [6, 6.07) is 5.33. The van der Waals surface area contributed by atoms with Gasteiger partial charge in [0.05, 0.1) is 6.61 Å². The van der Waals surface area contributed by atoms with Crippen LogP contribution in [0.3, 0.4) is 0 Å². The molecule has 1 atom stereocenters. The summed E-state index contributed by atoms with van der Waals surface area (Å²) in [5.74, 6) is -0.640. The van der Waals surface area contributed by atoms with Crippen LogP contribution in [0.2, 0.25) is 0 Å². The first-order valence-corrected chi connectivity index (χ1v) is 4.90. The number of halogens is 2. The maximum atomic E-state index is 12.8. The van der Waals surface area contributed by atoms with Crippen molar-refractivity contribution in [2.45, 2.75) is 12.6 Å². The van der Waals surface area contributed by atoms with Crippen LogP contribution >= 0.6 is 12.4 Å². The van der Waals surface area contributed by atoms with E-state index in [0.29, 0.717) is 5.56 Å². The number of rotatable bonds is 5. The monoisotopic (exact) mass is 262 g/mol. The highest BCUT2D eigenvalue weighted by Gasteiger charge is 2.12. The van der Waals surface area contributed by atoms with Crippen LogP contribution in [-0.4, -0.2) is 25.7 Å². The molecule has 1 amide bonds. The molecular weight excluding hydrogens is 247 g/mol. The second-order valence-corrected chi connectivity index (χ2v) is 3.41. The standard InChI is InChI=1S/C11H15FN2O2.ClH/c1-16-7-10(13)11(15)14-6-8-3-2-4-9(12)5-8;/h2-5,10H,6-7,13H2,1H3,(H,14,15);1H. The maximum absolute atomic E-state index is 12.8. The number of nitrogens with two attached hydrogens (primary N) is 1. The number of benzene rings is 1. The molecule has 0 fully saturated rings. The molecule has 3 N–H and O–H groups in total. The Morgan fingerprint density at radius 2 is 2.29 bits per heavy atom. The van der Waals surface area contributed by atoms with E-state index < -0.39 is 6.04 Å². The largest absolute Gasteiger partial charge is 0.383 e. The van der Waals surface area contributed by atoms with E-state index in [0.717, 1.165) is 0 Å². The predicted molar refractivity (Wildman–Crippen MR) is 65.3 cm³/mol. The summed E-state index contributed by atoms with van der Waals surface area (Å²) in [6.45, 7) is 0.420. The van der Waals surface area contributed by atoms with Crippen molar-refractivity contribution in [3.05, 3.63) is 35.6 Å². The van der Waals surface area contributed by atoms with Gasteiger partial charge in [-0.15, -0.1) is 12.4 Å². The van der Waals surface area contributed by atoms with Crippen LogP contribution in [0.15, 0.2) is 24.3 Å². The van der Waals surface area contributed by atoms with Gasteiger partial charge in [-0.25, -0.2) is 4.39 Å². The number of nitrogens with one attached hydrogen (secondary N) is 1. The van der Waals surface area contributed by atoms with Crippen molar-refractivity contribution in [2.24, 2.45) is 5.73 Å². The number of carbonyl (C=O) groups excluding carboxylic acids is 1. The molecule has 0 spiro atoms. The second-order valence-electron chi connectivity index (χ2n) is 3.41. The van der Waals surface area contributed by atoms with Crippen LogP contribution in [-0.2, 0) is 16.1 Å². The topological polar surface area (TPSA) is 64.3 Å². The third kappa shape index (κ3) is 5.63. The van der Waals surface area contributed by atoms with Gasteiger partial charge >= 0.3 is 0 Å². The van der Waals surface area contributed by atoms with Gasteiger partial charge in [-0.3, -0.25) is 4.79 Å². The Morgan fingerprint density at radius 3 is 2.88 bits per heavy atom. The van der Waals surface area contributed by atoms with Gasteiger partial charge in [0.2, 0.25) is 5.91 Å². The zero-order chi connectivity index (χ0) is 12.0. The van der Waals surface area contributed by atoms with Gasteiger partial charge in [-0.1, -0.05) is 12.1 Å². The molecule has 0 radical (unpaired) electrons. The molecule has 0 saturated carbocycles. The normalized spacial score (nSPS) is 11.5. The minimum absolute atomic E-state index is 0. The lowest BCUT2D eigenvalue weighted by atomic mass is 10.2. The Hall–Kier alpha value is -1.17. The van der Waals surface area contributed by atoms with Gasteiger partial charge < -0.3 is 15.8 Å². The first-order valence-electron chi connectivity index (χ1n) is 4.90. The number of hydrogen-bond acceptors (Lipinski definition) is 3. The van der Waals surface area contributed by atoms with Crippen LogP contribution in [0.25, 0.3) is 0 Å². The fourth-order valence-electron chi connectivity index (χ4n) is 1.22. The Kier molecular flexibility index (Phi) is 7.45. The molecule has 1 aromatic carbocycles. The fraction of sp³-hybridized carbons (Fsp3) is 0.364. The van der Waals surface area contributed by atoms with Gasteiger partial charge in [0, 0.05) is 13.7 Å². The SMILES string of the molecule is COCC(N)C(=O)NCc1cccc(F)c1.Cl. The number of carbonyl (C=O) groups is 1. The number of methoxy groups -OCH3 is 1. The van der Waals surface area contributed by atoms with E-state index in [2.05, 4.69) is 5.32 Å². The van der Waals surface area contributed by atoms with E-state index in [9.17, 15) is 9.18 Å². The molecule has 17 heavy (non-hydrogen) atoms. The second kappa shape index (κ2) is 8.00. The number of hydrogen-bond donors (Lipinski definition) is 2. The molecule has 0 aliphatic rings. The van der Waals surface area contributed by atoms with E-state index in [1.165, 1.54) is 19.2 Å². The van der Waals surface area contributed by atoms with Crippen molar-refractivity contribution in [2.75, 3.05) is 13.7 Å². The summed E-state index contributed by atoms with van der Waals surface area (Å²) < 4.78 is 17.6. The molecule has 0 aromatic heterocycles. The number of amides is 1. The van der Waals surface area contributed by atoms with Crippen molar-refractivity contribution in [3.8, 4) is 0 Å². The van der Waals surface area contributed by atoms with Crippen LogP contribution in [0.1, 0.15) is 5.56 Å². The average Bonchev–Trinajstić information content (AvgIpc) is 2.26. The van der Waals surface area contributed by atoms with Crippen molar-refractivity contribution >= 4 is 18.3 Å². The molecule has 0 bridgehead atoms. The quantitative estimate of drug-likeness (QED) is 0.826. The van der Waals surface area contributed by atoms with E-state index in [4.69, 9.17) is 10.5 Å². The smallest absolute Gasteiger partial charge is 0.239 e. The molecule has 1 unspecified atom stereocenters. The molecule has 96 valence electrons. The molecular formula is C11H16ClFN2O2. The Bertz CT molecular complexity index is 363. The van der Waals surface area contributed by atoms with Crippen LogP contribution in [0.4, 0.5) is 4.39 Å².